The molecular weight excluding hydrogens is 238 g/mol. The van der Waals surface area contributed by atoms with Crippen LogP contribution < -0.4 is 5.32 Å². The molecule has 1 aromatic carbocycles. The van der Waals surface area contributed by atoms with Crippen LogP contribution in [0.15, 0.2) is 24.3 Å². The first kappa shape index (κ1) is 12.1. The van der Waals surface area contributed by atoms with Gasteiger partial charge in [-0.1, -0.05) is 31.4 Å². The summed E-state index contributed by atoms with van der Waals surface area (Å²) >= 11 is 0. The number of nitrogens with zero attached hydrogens (tertiary/aromatic N) is 3. The normalized spacial score (nSPS) is 16.9. The SMILES string of the molecule is CC(CC1CCC1)Nc1cccc(-c2nn[nH]n2)c1. The molecule has 1 fully saturated rings. The van der Waals surface area contributed by atoms with E-state index in [9.17, 15) is 0 Å². The molecule has 1 aromatic heterocycles. The van der Waals surface area contributed by atoms with E-state index in [2.05, 4.69) is 45.0 Å². The zero-order valence-corrected chi connectivity index (χ0v) is 11.1. The van der Waals surface area contributed by atoms with E-state index in [1.807, 2.05) is 12.1 Å². The van der Waals surface area contributed by atoms with Crippen LogP contribution in [-0.2, 0) is 0 Å². The summed E-state index contributed by atoms with van der Waals surface area (Å²) in [6, 6.07) is 8.67. The molecule has 100 valence electrons. The van der Waals surface area contributed by atoms with Crippen LogP contribution in [0.2, 0.25) is 0 Å². The second kappa shape index (κ2) is 5.38. The Hall–Kier alpha value is -1.91. The van der Waals surface area contributed by atoms with Gasteiger partial charge in [0, 0.05) is 17.3 Å². The van der Waals surface area contributed by atoms with Crippen LogP contribution in [0.5, 0.6) is 0 Å². The third-order valence-electron chi connectivity index (χ3n) is 3.79. The van der Waals surface area contributed by atoms with Gasteiger partial charge in [-0.3, -0.25) is 0 Å². The maximum absolute atomic E-state index is 4.00. The lowest BCUT2D eigenvalue weighted by Gasteiger charge is -2.29. The molecule has 0 saturated heterocycles. The van der Waals surface area contributed by atoms with Crippen molar-refractivity contribution in [3.8, 4) is 11.4 Å². The molecule has 2 N–H and O–H groups in total. The third kappa shape index (κ3) is 2.92. The maximum Gasteiger partial charge on any atom is 0.204 e. The largest absolute Gasteiger partial charge is 0.383 e. The number of benzene rings is 1. The molecule has 19 heavy (non-hydrogen) atoms. The molecule has 1 saturated carbocycles. The van der Waals surface area contributed by atoms with Crippen LogP contribution in [0.4, 0.5) is 5.69 Å². The number of hydrogen-bond acceptors (Lipinski definition) is 4. The Bertz CT molecular complexity index is 518. The van der Waals surface area contributed by atoms with Crippen molar-refractivity contribution < 1.29 is 0 Å². The zero-order chi connectivity index (χ0) is 13.1. The summed E-state index contributed by atoms with van der Waals surface area (Å²) in [6.07, 6.45) is 5.46. The molecule has 0 bridgehead atoms. The van der Waals surface area contributed by atoms with Gasteiger partial charge >= 0.3 is 0 Å². The fourth-order valence-electron chi connectivity index (χ4n) is 2.60. The van der Waals surface area contributed by atoms with Crippen LogP contribution in [0.25, 0.3) is 11.4 Å². The van der Waals surface area contributed by atoms with E-state index in [0.29, 0.717) is 11.9 Å². The van der Waals surface area contributed by atoms with Crippen LogP contribution in [0.3, 0.4) is 0 Å². The average Bonchev–Trinajstić information content (AvgIpc) is 2.88. The molecule has 1 unspecified atom stereocenters. The van der Waals surface area contributed by atoms with E-state index in [4.69, 9.17) is 0 Å². The van der Waals surface area contributed by atoms with Gasteiger partial charge in [-0.15, -0.1) is 10.2 Å². The topological polar surface area (TPSA) is 66.5 Å². The molecule has 0 spiro atoms. The standard InChI is InChI=1S/C14H19N5/c1-10(8-11-4-2-5-11)15-13-7-3-6-12(9-13)14-16-18-19-17-14/h3,6-7,9-11,15H,2,4-5,8H2,1H3,(H,16,17,18,19). The van der Waals surface area contributed by atoms with E-state index in [1.165, 1.54) is 25.7 Å². The Kier molecular flexibility index (Phi) is 3.44. The van der Waals surface area contributed by atoms with E-state index in [0.717, 1.165) is 17.2 Å². The van der Waals surface area contributed by atoms with Gasteiger partial charge in [-0.05, 0) is 36.6 Å². The highest BCUT2D eigenvalue weighted by Crippen LogP contribution is 2.31. The predicted octanol–water partition coefficient (Wildman–Crippen LogP) is 2.86. The quantitative estimate of drug-likeness (QED) is 0.864. The Morgan fingerprint density at radius 2 is 2.32 bits per heavy atom. The Labute approximate surface area is 112 Å². The zero-order valence-electron chi connectivity index (χ0n) is 11.1. The molecule has 0 radical (unpaired) electrons. The molecule has 3 rings (SSSR count). The average molecular weight is 257 g/mol. The number of nitrogens with one attached hydrogen (secondary N) is 2. The van der Waals surface area contributed by atoms with Gasteiger partial charge in [0.1, 0.15) is 0 Å². The maximum atomic E-state index is 4.00. The van der Waals surface area contributed by atoms with E-state index in [-0.39, 0.29) is 0 Å². The smallest absolute Gasteiger partial charge is 0.204 e. The summed E-state index contributed by atoms with van der Waals surface area (Å²) in [4.78, 5) is 0. The minimum atomic E-state index is 0.505. The number of hydrogen-bond donors (Lipinski definition) is 2. The number of tetrazole rings is 1. The number of rotatable bonds is 5. The molecule has 1 heterocycles. The van der Waals surface area contributed by atoms with Gasteiger partial charge < -0.3 is 5.32 Å². The minimum Gasteiger partial charge on any atom is -0.383 e. The highest BCUT2D eigenvalue weighted by atomic mass is 15.5. The first-order valence-corrected chi connectivity index (χ1v) is 6.91. The number of H-pyrrole nitrogens is 1. The van der Waals surface area contributed by atoms with Gasteiger partial charge in [0.05, 0.1) is 0 Å². The monoisotopic (exact) mass is 257 g/mol. The number of anilines is 1. The molecule has 5 heteroatoms. The van der Waals surface area contributed by atoms with Crippen molar-refractivity contribution in [2.45, 2.75) is 38.6 Å². The van der Waals surface area contributed by atoms with Gasteiger partial charge in [-0.2, -0.15) is 5.21 Å². The first-order valence-electron chi connectivity index (χ1n) is 6.91. The van der Waals surface area contributed by atoms with Crippen molar-refractivity contribution in [2.75, 3.05) is 5.32 Å². The van der Waals surface area contributed by atoms with E-state index < -0.39 is 0 Å². The van der Waals surface area contributed by atoms with Crippen LogP contribution in [0.1, 0.15) is 32.6 Å². The Balaban J connectivity index is 1.65. The van der Waals surface area contributed by atoms with Gasteiger partial charge in [-0.25, -0.2) is 0 Å². The predicted molar refractivity (Wildman–Crippen MR) is 74.7 cm³/mol. The van der Waals surface area contributed by atoms with E-state index in [1.54, 1.807) is 0 Å². The molecule has 5 nitrogen and oxygen atoms in total. The summed E-state index contributed by atoms with van der Waals surface area (Å²) in [5.74, 6) is 1.55. The van der Waals surface area contributed by atoms with Gasteiger partial charge in [0.2, 0.25) is 5.82 Å². The highest BCUT2D eigenvalue weighted by molar-refractivity contribution is 5.61. The fourth-order valence-corrected chi connectivity index (χ4v) is 2.60. The summed E-state index contributed by atoms with van der Waals surface area (Å²) < 4.78 is 0. The van der Waals surface area contributed by atoms with Crippen molar-refractivity contribution >= 4 is 5.69 Å². The van der Waals surface area contributed by atoms with Crippen molar-refractivity contribution in [3.05, 3.63) is 24.3 Å². The fraction of sp³-hybridized carbons (Fsp3) is 0.500. The first-order chi connectivity index (χ1) is 9.31. The van der Waals surface area contributed by atoms with Crippen molar-refractivity contribution in [2.24, 2.45) is 5.92 Å². The third-order valence-corrected chi connectivity index (χ3v) is 3.79. The van der Waals surface area contributed by atoms with Gasteiger partial charge in [0.25, 0.3) is 0 Å². The molecule has 1 aliphatic carbocycles. The molecule has 1 atom stereocenters. The van der Waals surface area contributed by atoms with Crippen LogP contribution >= 0.6 is 0 Å². The number of aromatic amines is 1. The van der Waals surface area contributed by atoms with Crippen molar-refractivity contribution in [1.82, 2.24) is 20.6 Å². The lowest BCUT2D eigenvalue weighted by molar-refractivity contribution is 0.286. The molecule has 0 aliphatic heterocycles. The second-order valence-corrected chi connectivity index (χ2v) is 5.39. The molecule has 0 amide bonds. The molecule has 1 aliphatic rings. The molecular formula is C14H19N5. The summed E-state index contributed by atoms with van der Waals surface area (Å²) in [7, 11) is 0. The van der Waals surface area contributed by atoms with Crippen molar-refractivity contribution in [1.29, 1.82) is 0 Å². The van der Waals surface area contributed by atoms with Gasteiger partial charge in [0.15, 0.2) is 0 Å². The summed E-state index contributed by atoms with van der Waals surface area (Å²) in [5, 5.41) is 17.6. The number of aromatic nitrogens is 4. The van der Waals surface area contributed by atoms with Crippen LogP contribution in [0, 0.1) is 5.92 Å². The minimum absolute atomic E-state index is 0.505. The van der Waals surface area contributed by atoms with Crippen molar-refractivity contribution in [3.63, 3.8) is 0 Å². The highest BCUT2D eigenvalue weighted by Gasteiger charge is 2.19. The Morgan fingerprint density at radius 3 is 3.00 bits per heavy atom. The van der Waals surface area contributed by atoms with E-state index >= 15 is 0 Å². The lowest BCUT2D eigenvalue weighted by atomic mass is 9.81. The second-order valence-electron chi connectivity index (χ2n) is 5.39. The molecule has 2 aromatic rings. The Morgan fingerprint density at radius 1 is 1.42 bits per heavy atom. The van der Waals surface area contributed by atoms with Crippen LogP contribution in [-0.4, -0.2) is 26.7 Å². The summed E-state index contributed by atoms with van der Waals surface area (Å²) in [6.45, 7) is 2.25. The summed E-state index contributed by atoms with van der Waals surface area (Å²) in [5.41, 5.74) is 2.10. The lowest BCUT2D eigenvalue weighted by Crippen LogP contribution is -2.23.